The quantitative estimate of drug-likeness (QED) is 0.341. The number of sulfonamides is 1. The van der Waals surface area contributed by atoms with E-state index in [0.29, 0.717) is 29.9 Å². The Morgan fingerprint density at radius 2 is 1.79 bits per heavy atom. The number of carbonyl (C=O) groups excluding carboxylic acids is 1. The number of aryl methyl sites for hydroxylation is 1. The standard InChI is InChI=1S/C29H29ClN4O4S/c1-20-8-9-22(25(30)17-20)19-33-13-15-34(16-14-33)29(35)24-11-10-23(18-26(24)38-2)32-39(36,37)27-7-3-5-21-6-4-12-31-28(21)27/h3-12,17-18,32H,13-16,19H2,1-2H3. The maximum atomic E-state index is 13.4. The highest BCUT2D eigenvalue weighted by atomic mass is 35.5. The van der Waals surface area contributed by atoms with E-state index in [1.54, 1.807) is 35.4 Å². The lowest BCUT2D eigenvalue weighted by molar-refractivity contribution is 0.0625. The lowest BCUT2D eigenvalue weighted by Crippen LogP contribution is -2.48. The van der Waals surface area contributed by atoms with Gasteiger partial charge in [0.1, 0.15) is 10.6 Å². The molecule has 3 aromatic carbocycles. The molecular formula is C29H29ClN4O4S. The van der Waals surface area contributed by atoms with Crippen molar-refractivity contribution in [1.82, 2.24) is 14.8 Å². The van der Waals surface area contributed by atoms with E-state index in [1.165, 1.54) is 19.2 Å². The van der Waals surface area contributed by atoms with Crippen LogP contribution < -0.4 is 9.46 Å². The molecule has 5 rings (SSSR count). The van der Waals surface area contributed by atoms with Gasteiger partial charge in [-0.25, -0.2) is 8.42 Å². The molecule has 4 aromatic rings. The van der Waals surface area contributed by atoms with Crippen molar-refractivity contribution in [3.63, 3.8) is 0 Å². The van der Waals surface area contributed by atoms with Crippen molar-refractivity contribution < 1.29 is 17.9 Å². The summed E-state index contributed by atoms with van der Waals surface area (Å²) in [6, 6.07) is 19.3. The van der Waals surface area contributed by atoms with Gasteiger partial charge in [-0.3, -0.25) is 19.4 Å². The number of rotatable bonds is 7. The second-order valence-corrected chi connectivity index (χ2v) is 11.6. The average Bonchev–Trinajstić information content (AvgIpc) is 2.94. The number of piperazine rings is 1. The summed E-state index contributed by atoms with van der Waals surface area (Å²) in [4.78, 5) is 21.7. The lowest BCUT2D eigenvalue weighted by atomic mass is 10.1. The number of carbonyl (C=O) groups is 1. The Kier molecular flexibility index (Phi) is 7.74. The zero-order valence-corrected chi connectivity index (χ0v) is 23.3. The highest BCUT2D eigenvalue weighted by molar-refractivity contribution is 7.93. The molecule has 10 heteroatoms. The van der Waals surface area contributed by atoms with Crippen molar-refractivity contribution in [3.05, 3.63) is 94.6 Å². The van der Waals surface area contributed by atoms with Crippen LogP contribution in [0.25, 0.3) is 10.9 Å². The van der Waals surface area contributed by atoms with Gasteiger partial charge in [0.2, 0.25) is 0 Å². The highest BCUT2D eigenvalue weighted by Crippen LogP contribution is 2.29. The first-order valence-electron chi connectivity index (χ1n) is 12.6. The fourth-order valence-corrected chi connectivity index (χ4v) is 6.26. The van der Waals surface area contributed by atoms with E-state index in [9.17, 15) is 13.2 Å². The van der Waals surface area contributed by atoms with E-state index in [1.807, 2.05) is 31.2 Å². The molecule has 0 bridgehead atoms. The van der Waals surface area contributed by atoms with Crippen molar-refractivity contribution in [1.29, 1.82) is 0 Å². The molecule has 0 radical (unpaired) electrons. The number of methoxy groups -OCH3 is 1. The molecule has 0 aliphatic carbocycles. The first-order valence-corrected chi connectivity index (χ1v) is 14.4. The fourth-order valence-electron chi connectivity index (χ4n) is 4.74. The zero-order chi connectivity index (χ0) is 27.6. The molecule has 39 heavy (non-hydrogen) atoms. The van der Waals surface area contributed by atoms with Crippen molar-refractivity contribution >= 4 is 44.1 Å². The fraction of sp³-hybridized carbons (Fsp3) is 0.241. The molecule has 0 unspecified atom stereocenters. The molecule has 1 saturated heterocycles. The van der Waals surface area contributed by atoms with Crippen LogP contribution in [0.4, 0.5) is 5.69 Å². The van der Waals surface area contributed by atoms with Gasteiger partial charge < -0.3 is 9.64 Å². The number of hydrogen-bond acceptors (Lipinski definition) is 6. The highest BCUT2D eigenvalue weighted by Gasteiger charge is 2.26. The first kappa shape index (κ1) is 26.9. The minimum atomic E-state index is -3.93. The minimum Gasteiger partial charge on any atom is -0.496 e. The minimum absolute atomic E-state index is 0.0736. The Bertz CT molecular complexity index is 1630. The summed E-state index contributed by atoms with van der Waals surface area (Å²) in [5, 5.41) is 1.48. The van der Waals surface area contributed by atoms with E-state index >= 15 is 0 Å². The summed E-state index contributed by atoms with van der Waals surface area (Å²) in [5.74, 6) is 0.137. The van der Waals surface area contributed by atoms with Crippen LogP contribution in [0.1, 0.15) is 21.5 Å². The van der Waals surface area contributed by atoms with Crippen molar-refractivity contribution in [2.24, 2.45) is 0 Å². The number of fused-ring (bicyclic) bond motifs is 1. The summed E-state index contributed by atoms with van der Waals surface area (Å²) in [6.45, 7) is 5.30. The van der Waals surface area contributed by atoms with Crippen LogP contribution in [0.2, 0.25) is 5.02 Å². The monoisotopic (exact) mass is 564 g/mol. The summed E-state index contributed by atoms with van der Waals surface area (Å²) < 4.78 is 34.5. The van der Waals surface area contributed by atoms with Crippen LogP contribution in [-0.2, 0) is 16.6 Å². The van der Waals surface area contributed by atoms with Crippen LogP contribution in [0, 0.1) is 6.92 Å². The molecule has 202 valence electrons. The molecule has 1 aromatic heterocycles. The van der Waals surface area contributed by atoms with Crippen LogP contribution >= 0.6 is 11.6 Å². The van der Waals surface area contributed by atoms with Gasteiger partial charge in [0.05, 0.1) is 23.9 Å². The smallest absolute Gasteiger partial charge is 0.264 e. The summed E-state index contributed by atoms with van der Waals surface area (Å²) in [5.41, 5.74) is 3.24. The average molecular weight is 565 g/mol. The maximum absolute atomic E-state index is 13.4. The summed E-state index contributed by atoms with van der Waals surface area (Å²) in [7, 11) is -2.47. The number of pyridine rings is 1. The van der Waals surface area contributed by atoms with E-state index in [-0.39, 0.29) is 16.5 Å². The summed E-state index contributed by atoms with van der Waals surface area (Å²) in [6.07, 6.45) is 1.56. The molecule has 0 saturated carbocycles. The van der Waals surface area contributed by atoms with Gasteiger partial charge in [-0.1, -0.05) is 41.9 Å². The molecule has 0 atom stereocenters. The molecule has 2 heterocycles. The first-order chi connectivity index (χ1) is 18.7. The zero-order valence-electron chi connectivity index (χ0n) is 21.7. The molecule has 1 aliphatic rings. The van der Waals surface area contributed by atoms with Crippen molar-refractivity contribution in [3.8, 4) is 5.75 Å². The van der Waals surface area contributed by atoms with Gasteiger partial charge >= 0.3 is 0 Å². The van der Waals surface area contributed by atoms with Crippen LogP contribution in [-0.4, -0.2) is 62.4 Å². The molecule has 0 spiro atoms. The van der Waals surface area contributed by atoms with E-state index < -0.39 is 10.0 Å². The topological polar surface area (TPSA) is 91.8 Å². The van der Waals surface area contributed by atoms with Crippen molar-refractivity contribution in [2.45, 2.75) is 18.4 Å². The number of hydrogen-bond donors (Lipinski definition) is 1. The molecule has 1 aliphatic heterocycles. The van der Waals surface area contributed by atoms with E-state index in [0.717, 1.165) is 41.2 Å². The predicted molar refractivity (Wildman–Crippen MR) is 153 cm³/mol. The normalized spacial score (nSPS) is 14.4. The third-order valence-electron chi connectivity index (χ3n) is 6.83. The number of amides is 1. The number of ether oxygens (including phenoxy) is 1. The number of para-hydroxylation sites is 1. The largest absolute Gasteiger partial charge is 0.496 e. The Hall–Kier alpha value is -3.66. The van der Waals surface area contributed by atoms with Gasteiger partial charge in [-0.15, -0.1) is 0 Å². The van der Waals surface area contributed by atoms with Gasteiger partial charge in [0, 0.05) is 55.4 Å². The molecule has 1 fully saturated rings. The maximum Gasteiger partial charge on any atom is 0.264 e. The third-order valence-corrected chi connectivity index (χ3v) is 8.60. The van der Waals surface area contributed by atoms with E-state index in [2.05, 4.69) is 20.7 Å². The predicted octanol–water partition coefficient (Wildman–Crippen LogP) is 4.96. The van der Waals surface area contributed by atoms with Crippen LogP contribution in [0.3, 0.4) is 0 Å². The Labute approximate surface area is 233 Å². The number of nitrogens with one attached hydrogen (secondary N) is 1. The third kappa shape index (κ3) is 5.85. The number of halogens is 1. The van der Waals surface area contributed by atoms with Crippen LogP contribution in [0.15, 0.2) is 77.8 Å². The summed E-state index contributed by atoms with van der Waals surface area (Å²) >= 11 is 6.40. The molecule has 8 nitrogen and oxygen atoms in total. The SMILES string of the molecule is COc1cc(NS(=O)(=O)c2cccc3cccnc23)ccc1C(=O)N1CCN(Cc2ccc(C)cc2Cl)CC1. The van der Waals surface area contributed by atoms with E-state index in [4.69, 9.17) is 16.3 Å². The number of anilines is 1. The van der Waals surface area contributed by atoms with Gasteiger partial charge in [0.25, 0.3) is 15.9 Å². The van der Waals surface area contributed by atoms with Gasteiger partial charge in [-0.05, 0) is 48.4 Å². The number of benzene rings is 3. The number of aromatic nitrogens is 1. The molecule has 1 N–H and O–H groups in total. The second-order valence-electron chi connectivity index (χ2n) is 9.52. The molecular weight excluding hydrogens is 536 g/mol. The molecule has 1 amide bonds. The Morgan fingerprint density at radius 3 is 2.54 bits per heavy atom. The van der Waals surface area contributed by atoms with Crippen molar-refractivity contribution in [2.75, 3.05) is 38.0 Å². The number of nitrogens with zero attached hydrogens (tertiary/aromatic N) is 3. The second kappa shape index (κ2) is 11.2. The Balaban J connectivity index is 1.28. The lowest BCUT2D eigenvalue weighted by Gasteiger charge is -2.35. The Morgan fingerprint density at radius 1 is 1.03 bits per heavy atom. The van der Waals surface area contributed by atoms with Gasteiger partial charge in [0.15, 0.2) is 0 Å². The van der Waals surface area contributed by atoms with Gasteiger partial charge in [-0.2, -0.15) is 0 Å². The van der Waals surface area contributed by atoms with Crippen LogP contribution in [0.5, 0.6) is 5.75 Å².